The Hall–Kier alpha value is -0.980. The molecule has 1 fully saturated rings. The molecule has 0 atom stereocenters. The van der Waals surface area contributed by atoms with Crippen molar-refractivity contribution in [3.63, 3.8) is 0 Å². The van der Waals surface area contributed by atoms with Crippen LogP contribution in [0.15, 0.2) is 12.3 Å². The van der Waals surface area contributed by atoms with Crippen LogP contribution in [0.4, 0.5) is 10.2 Å². The van der Waals surface area contributed by atoms with E-state index >= 15 is 0 Å². The molecule has 2 N–H and O–H groups in total. The molecule has 0 saturated carbocycles. The normalized spacial score (nSPS) is 17.3. The summed E-state index contributed by atoms with van der Waals surface area (Å²) < 4.78 is 13.9. The van der Waals surface area contributed by atoms with Crippen molar-refractivity contribution in [3.05, 3.63) is 23.1 Å². The Morgan fingerprint density at radius 3 is 2.50 bits per heavy atom. The smallest absolute Gasteiger partial charge is 0.167 e. The molecular weight excluding hydrogens is 299 g/mol. The van der Waals surface area contributed by atoms with E-state index in [0.717, 1.165) is 13.1 Å². The molecule has 4 nitrogen and oxygen atoms in total. The van der Waals surface area contributed by atoms with E-state index < -0.39 is 0 Å². The molecule has 1 aliphatic heterocycles. The molecule has 0 spiro atoms. The molecule has 1 aromatic rings. The molecule has 0 aromatic carbocycles. The summed E-state index contributed by atoms with van der Waals surface area (Å²) in [6.07, 6.45) is 1.46. The quantitative estimate of drug-likeness (QED) is 0.865. The number of rotatable bonds is 3. The lowest BCUT2D eigenvalue weighted by Crippen LogP contribution is -2.59. The van der Waals surface area contributed by atoms with Gasteiger partial charge in [-0.05, 0) is 19.9 Å². The Bertz CT molecular complexity index is 515. The topological polar surface area (TPSA) is 45.4 Å². The molecular formula is C13H18ClFN4S. The predicted molar refractivity (Wildman–Crippen MR) is 83.9 cm³/mol. The highest BCUT2D eigenvalue weighted by Crippen LogP contribution is 2.23. The van der Waals surface area contributed by atoms with E-state index in [2.05, 4.69) is 9.88 Å². The van der Waals surface area contributed by atoms with Gasteiger partial charge in [-0.3, -0.25) is 4.90 Å². The summed E-state index contributed by atoms with van der Waals surface area (Å²) in [5.41, 5.74) is 5.45. The van der Waals surface area contributed by atoms with Gasteiger partial charge in [0.15, 0.2) is 11.6 Å². The van der Waals surface area contributed by atoms with Gasteiger partial charge in [0.1, 0.15) is 0 Å². The number of pyridine rings is 1. The SMILES string of the molecule is CC(C)(C(N)=S)N1CCN(c2ncc(Cl)cc2F)CC1. The second-order valence-electron chi connectivity index (χ2n) is 5.36. The second kappa shape index (κ2) is 5.79. The van der Waals surface area contributed by atoms with Gasteiger partial charge in [0.25, 0.3) is 0 Å². The zero-order chi connectivity index (χ0) is 14.9. The van der Waals surface area contributed by atoms with Crippen molar-refractivity contribution in [2.75, 3.05) is 31.1 Å². The van der Waals surface area contributed by atoms with Crippen molar-refractivity contribution in [1.82, 2.24) is 9.88 Å². The zero-order valence-electron chi connectivity index (χ0n) is 11.6. The van der Waals surface area contributed by atoms with E-state index in [4.69, 9.17) is 29.6 Å². The summed E-state index contributed by atoms with van der Waals surface area (Å²) in [4.78, 5) is 8.67. The number of halogens is 2. The first-order chi connectivity index (χ1) is 9.32. The maximum Gasteiger partial charge on any atom is 0.167 e. The highest BCUT2D eigenvalue weighted by Gasteiger charge is 2.33. The van der Waals surface area contributed by atoms with Gasteiger partial charge in [-0.15, -0.1) is 0 Å². The van der Waals surface area contributed by atoms with E-state index in [-0.39, 0.29) is 11.4 Å². The number of anilines is 1. The molecule has 20 heavy (non-hydrogen) atoms. The molecule has 0 bridgehead atoms. The van der Waals surface area contributed by atoms with Gasteiger partial charge in [-0.25, -0.2) is 9.37 Å². The Kier molecular flexibility index (Phi) is 4.46. The first-order valence-electron chi connectivity index (χ1n) is 6.43. The van der Waals surface area contributed by atoms with E-state index in [0.29, 0.717) is 28.9 Å². The van der Waals surface area contributed by atoms with Crippen LogP contribution in [0.2, 0.25) is 5.02 Å². The summed E-state index contributed by atoms with van der Waals surface area (Å²) in [6.45, 7) is 6.88. The monoisotopic (exact) mass is 316 g/mol. The predicted octanol–water partition coefficient (Wildman–Crippen LogP) is 2.06. The van der Waals surface area contributed by atoms with Crippen LogP contribution in [0.25, 0.3) is 0 Å². The first-order valence-corrected chi connectivity index (χ1v) is 7.22. The third-order valence-corrected chi connectivity index (χ3v) is 4.47. The molecule has 1 aromatic heterocycles. The number of hydrogen-bond donors (Lipinski definition) is 1. The van der Waals surface area contributed by atoms with Gasteiger partial charge in [0.2, 0.25) is 0 Å². The summed E-state index contributed by atoms with van der Waals surface area (Å²) in [5.74, 6) is -0.0401. The third kappa shape index (κ3) is 3.02. The standard InChI is InChI=1S/C13H18ClFN4S/c1-13(2,12(16)20)19-5-3-18(4-6-19)11-10(15)7-9(14)8-17-11/h7-8H,3-6H2,1-2H3,(H2,16,20). The minimum Gasteiger partial charge on any atom is -0.392 e. The van der Waals surface area contributed by atoms with Crippen molar-refractivity contribution in [2.24, 2.45) is 5.73 Å². The van der Waals surface area contributed by atoms with E-state index in [1.807, 2.05) is 18.7 Å². The van der Waals surface area contributed by atoms with Crippen molar-refractivity contribution >= 4 is 34.6 Å². The van der Waals surface area contributed by atoms with Crippen LogP contribution in [0, 0.1) is 5.82 Å². The number of nitrogens with zero attached hydrogens (tertiary/aromatic N) is 3. The van der Waals surface area contributed by atoms with Crippen molar-refractivity contribution < 1.29 is 4.39 Å². The number of thiocarbonyl (C=S) groups is 1. The van der Waals surface area contributed by atoms with E-state index in [1.54, 1.807) is 0 Å². The van der Waals surface area contributed by atoms with Gasteiger partial charge in [0, 0.05) is 32.4 Å². The molecule has 2 heterocycles. The fraction of sp³-hybridized carbons (Fsp3) is 0.538. The molecule has 0 amide bonds. The average Bonchev–Trinajstić information content (AvgIpc) is 2.38. The van der Waals surface area contributed by atoms with E-state index in [9.17, 15) is 4.39 Å². The van der Waals surface area contributed by atoms with Crippen LogP contribution in [0.3, 0.4) is 0 Å². The fourth-order valence-electron chi connectivity index (χ4n) is 2.27. The molecule has 2 rings (SSSR count). The maximum atomic E-state index is 13.9. The molecule has 1 aliphatic rings. The summed E-state index contributed by atoms with van der Waals surface area (Å²) in [6, 6.07) is 1.29. The molecule has 0 radical (unpaired) electrons. The van der Waals surface area contributed by atoms with Gasteiger partial charge in [0.05, 0.1) is 15.6 Å². The minimum atomic E-state index is -0.389. The van der Waals surface area contributed by atoms with E-state index in [1.165, 1.54) is 12.3 Å². The van der Waals surface area contributed by atoms with Gasteiger partial charge < -0.3 is 10.6 Å². The lowest BCUT2D eigenvalue weighted by Gasteiger charge is -2.43. The number of nitrogens with two attached hydrogens (primary N) is 1. The van der Waals surface area contributed by atoms with Crippen LogP contribution in [0.1, 0.15) is 13.8 Å². The van der Waals surface area contributed by atoms with Crippen molar-refractivity contribution in [3.8, 4) is 0 Å². The van der Waals surface area contributed by atoms with Crippen LogP contribution in [-0.4, -0.2) is 46.6 Å². The lowest BCUT2D eigenvalue weighted by atomic mass is 10.0. The Morgan fingerprint density at radius 2 is 2.00 bits per heavy atom. The Balaban J connectivity index is 2.06. The van der Waals surface area contributed by atoms with Crippen molar-refractivity contribution in [1.29, 1.82) is 0 Å². The summed E-state index contributed by atoms with van der Waals surface area (Å²) >= 11 is 10.8. The van der Waals surface area contributed by atoms with Crippen LogP contribution < -0.4 is 10.6 Å². The third-order valence-electron chi connectivity index (χ3n) is 3.76. The Morgan fingerprint density at radius 1 is 1.40 bits per heavy atom. The van der Waals surface area contributed by atoms with Gasteiger partial charge >= 0.3 is 0 Å². The molecule has 0 unspecified atom stereocenters. The van der Waals surface area contributed by atoms with Crippen molar-refractivity contribution in [2.45, 2.75) is 19.4 Å². The maximum absolute atomic E-state index is 13.9. The highest BCUT2D eigenvalue weighted by atomic mass is 35.5. The largest absolute Gasteiger partial charge is 0.392 e. The minimum absolute atomic E-state index is 0.305. The van der Waals surface area contributed by atoms with Gasteiger partial charge in [-0.2, -0.15) is 0 Å². The molecule has 1 saturated heterocycles. The molecule has 110 valence electrons. The van der Waals surface area contributed by atoms with Crippen LogP contribution in [0.5, 0.6) is 0 Å². The fourth-order valence-corrected chi connectivity index (χ4v) is 2.55. The number of piperazine rings is 1. The molecule has 0 aliphatic carbocycles. The second-order valence-corrected chi connectivity index (χ2v) is 6.23. The number of aromatic nitrogens is 1. The average molecular weight is 317 g/mol. The number of hydrogen-bond acceptors (Lipinski definition) is 4. The van der Waals surface area contributed by atoms with Crippen LogP contribution >= 0.6 is 23.8 Å². The highest BCUT2D eigenvalue weighted by molar-refractivity contribution is 7.80. The summed E-state index contributed by atoms with van der Waals surface area (Å²) in [5, 5.41) is 0.305. The van der Waals surface area contributed by atoms with Crippen LogP contribution in [-0.2, 0) is 0 Å². The summed E-state index contributed by atoms with van der Waals surface area (Å²) in [7, 11) is 0. The van der Waals surface area contributed by atoms with Gasteiger partial charge in [-0.1, -0.05) is 23.8 Å². The lowest BCUT2D eigenvalue weighted by molar-refractivity contribution is 0.167. The first kappa shape index (κ1) is 15.4. The Labute approximate surface area is 128 Å². The zero-order valence-corrected chi connectivity index (χ0v) is 13.1. The molecule has 7 heteroatoms.